The number of ketones is 1. The average molecular weight is 223 g/mol. The molecule has 1 aromatic rings. The van der Waals surface area contributed by atoms with E-state index in [9.17, 15) is 14.7 Å². The number of carboxylic acids is 1. The lowest BCUT2D eigenvalue weighted by atomic mass is 10.1. The van der Waals surface area contributed by atoms with Gasteiger partial charge in [-0.2, -0.15) is 0 Å². The minimum absolute atomic E-state index is 0.0396. The zero-order valence-corrected chi connectivity index (χ0v) is 9.12. The molecule has 0 bridgehead atoms. The number of hydrogen-bond donors (Lipinski definition) is 0. The fourth-order valence-corrected chi connectivity index (χ4v) is 2.02. The average Bonchev–Trinajstić information content (AvgIpc) is 2.18. The molecular weight excluding hydrogens is 212 g/mol. The lowest BCUT2D eigenvalue weighted by molar-refractivity contribution is -0.305. The van der Waals surface area contributed by atoms with Gasteiger partial charge in [0.15, 0.2) is 0 Å². The third-order valence-electron chi connectivity index (χ3n) is 1.77. The number of aliphatic carboxylic acids is 1. The Morgan fingerprint density at radius 3 is 2.40 bits per heavy atom. The number of carbonyl (C=O) groups excluding carboxylic acids is 2. The molecule has 0 heterocycles. The van der Waals surface area contributed by atoms with E-state index in [1.54, 1.807) is 24.3 Å². The summed E-state index contributed by atoms with van der Waals surface area (Å²) >= 11 is 1.08. The fraction of sp³-hybridized carbons (Fsp3) is 0.273. The van der Waals surface area contributed by atoms with Crippen molar-refractivity contribution in [2.75, 3.05) is 5.75 Å². The van der Waals surface area contributed by atoms with Gasteiger partial charge in [-0.1, -0.05) is 30.3 Å². The molecule has 0 spiro atoms. The molecule has 0 aromatic heterocycles. The van der Waals surface area contributed by atoms with E-state index in [0.717, 1.165) is 11.8 Å². The molecule has 0 saturated carbocycles. The van der Waals surface area contributed by atoms with Crippen molar-refractivity contribution in [3.05, 3.63) is 35.9 Å². The molecule has 3 nitrogen and oxygen atoms in total. The molecule has 80 valence electrons. The predicted octanol–water partition coefficient (Wildman–Crippen LogP) is 0.800. The first-order valence-corrected chi connectivity index (χ1v) is 5.53. The normalized spacial score (nSPS) is 12.1. The Hall–Kier alpha value is -1.29. The molecule has 1 atom stereocenters. The lowest BCUT2D eigenvalue weighted by Gasteiger charge is -2.17. The van der Waals surface area contributed by atoms with Gasteiger partial charge < -0.3 is 9.90 Å². The Bertz CT molecular complexity index is 348. The molecule has 15 heavy (non-hydrogen) atoms. The highest BCUT2D eigenvalue weighted by Crippen LogP contribution is 2.27. The van der Waals surface area contributed by atoms with Gasteiger partial charge in [0.25, 0.3) is 0 Å². The van der Waals surface area contributed by atoms with Gasteiger partial charge in [-0.25, -0.2) is 0 Å². The molecular formula is C11H11O3S-. The van der Waals surface area contributed by atoms with Gasteiger partial charge in [0.1, 0.15) is 5.78 Å². The van der Waals surface area contributed by atoms with Crippen LogP contribution in [0.3, 0.4) is 0 Å². The summed E-state index contributed by atoms with van der Waals surface area (Å²) in [4.78, 5) is 21.6. The van der Waals surface area contributed by atoms with Crippen LogP contribution in [0.15, 0.2) is 30.3 Å². The summed E-state index contributed by atoms with van der Waals surface area (Å²) in [6.45, 7) is 1.43. The van der Waals surface area contributed by atoms with Crippen molar-refractivity contribution in [3.8, 4) is 0 Å². The molecule has 0 radical (unpaired) electrons. The molecule has 1 unspecified atom stereocenters. The molecule has 0 N–H and O–H groups in total. The first kappa shape index (κ1) is 11.8. The second-order valence-corrected chi connectivity index (χ2v) is 4.22. The molecule has 0 aliphatic carbocycles. The van der Waals surface area contributed by atoms with Crippen LogP contribution in [0, 0.1) is 0 Å². The standard InChI is InChI=1S/C11H12O3S/c1-8(12)7-15-10(11(13)14)9-5-3-2-4-6-9/h2-6,10H,7H2,1H3,(H,13,14)/p-1. The molecule has 4 heteroatoms. The smallest absolute Gasteiger partial charge is 0.139 e. The maximum atomic E-state index is 10.9. The van der Waals surface area contributed by atoms with Crippen molar-refractivity contribution in [2.45, 2.75) is 12.2 Å². The predicted molar refractivity (Wildman–Crippen MR) is 57.3 cm³/mol. The summed E-state index contributed by atoms with van der Waals surface area (Å²) in [7, 11) is 0. The quantitative estimate of drug-likeness (QED) is 0.741. The van der Waals surface area contributed by atoms with E-state index >= 15 is 0 Å². The Morgan fingerprint density at radius 1 is 1.33 bits per heavy atom. The van der Waals surface area contributed by atoms with Gasteiger partial charge in [0, 0.05) is 0 Å². The van der Waals surface area contributed by atoms with Crippen LogP contribution in [-0.2, 0) is 9.59 Å². The van der Waals surface area contributed by atoms with Crippen LogP contribution in [0.2, 0.25) is 0 Å². The highest BCUT2D eigenvalue weighted by molar-refractivity contribution is 8.00. The number of benzene rings is 1. The van der Waals surface area contributed by atoms with Crippen molar-refractivity contribution in [1.29, 1.82) is 0 Å². The largest absolute Gasteiger partial charge is 0.549 e. The molecule has 1 rings (SSSR count). The maximum Gasteiger partial charge on any atom is 0.139 e. The van der Waals surface area contributed by atoms with Crippen molar-refractivity contribution in [3.63, 3.8) is 0 Å². The Balaban J connectivity index is 2.75. The second-order valence-electron chi connectivity index (χ2n) is 3.12. The summed E-state index contributed by atoms with van der Waals surface area (Å²) in [5, 5.41) is 10.1. The zero-order valence-electron chi connectivity index (χ0n) is 8.30. The number of rotatable bonds is 5. The SMILES string of the molecule is CC(=O)CSC(C(=O)[O-])c1ccccc1. The number of carbonyl (C=O) groups is 2. The first-order valence-electron chi connectivity index (χ1n) is 4.48. The number of Topliss-reactive ketones (excluding diaryl/α,β-unsaturated/α-hetero) is 1. The summed E-state index contributed by atoms with van der Waals surface area (Å²) in [5.41, 5.74) is 0.656. The van der Waals surface area contributed by atoms with E-state index in [-0.39, 0.29) is 11.5 Å². The van der Waals surface area contributed by atoms with Gasteiger partial charge in [0.2, 0.25) is 0 Å². The Morgan fingerprint density at radius 2 is 1.93 bits per heavy atom. The molecule has 1 aromatic carbocycles. The highest BCUT2D eigenvalue weighted by Gasteiger charge is 2.13. The third kappa shape index (κ3) is 3.75. The Labute approximate surface area is 92.5 Å². The molecule has 0 fully saturated rings. The molecule has 0 aliphatic heterocycles. The van der Waals surface area contributed by atoms with Crippen LogP contribution in [0.4, 0.5) is 0 Å². The number of thioether (sulfide) groups is 1. The van der Waals surface area contributed by atoms with E-state index < -0.39 is 11.2 Å². The van der Waals surface area contributed by atoms with Gasteiger partial charge in [-0.05, 0) is 12.5 Å². The van der Waals surface area contributed by atoms with Crippen LogP contribution in [0.1, 0.15) is 17.7 Å². The third-order valence-corrected chi connectivity index (χ3v) is 3.14. The highest BCUT2D eigenvalue weighted by atomic mass is 32.2. The summed E-state index contributed by atoms with van der Waals surface area (Å²) in [6.07, 6.45) is 0. The number of carboxylic acid groups (broad SMARTS) is 1. The summed E-state index contributed by atoms with van der Waals surface area (Å²) < 4.78 is 0. The second kappa shape index (κ2) is 5.56. The topological polar surface area (TPSA) is 57.2 Å². The minimum Gasteiger partial charge on any atom is -0.549 e. The van der Waals surface area contributed by atoms with Crippen molar-refractivity contribution < 1.29 is 14.7 Å². The van der Waals surface area contributed by atoms with Crippen molar-refractivity contribution in [2.24, 2.45) is 0 Å². The minimum atomic E-state index is -1.16. The fourth-order valence-electron chi connectivity index (χ4n) is 1.13. The van der Waals surface area contributed by atoms with Gasteiger partial charge in [-0.3, -0.25) is 4.79 Å². The van der Waals surface area contributed by atoms with Gasteiger partial charge >= 0.3 is 0 Å². The maximum absolute atomic E-state index is 10.9. The summed E-state index contributed by atoms with van der Waals surface area (Å²) in [6, 6.07) is 8.77. The van der Waals surface area contributed by atoms with E-state index in [0.29, 0.717) is 5.56 Å². The van der Waals surface area contributed by atoms with Crippen LogP contribution < -0.4 is 5.11 Å². The van der Waals surface area contributed by atoms with E-state index in [1.165, 1.54) is 6.92 Å². The zero-order chi connectivity index (χ0) is 11.3. The van der Waals surface area contributed by atoms with Crippen LogP contribution in [0.25, 0.3) is 0 Å². The van der Waals surface area contributed by atoms with Gasteiger partial charge in [0.05, 0.1) is 17.0 Å². The van der Waals surface area contributed by atoms with Crippen molar-refractivity contribution >= 4 is 23.5 Å². The van der Waals surface area contributed by atoms with Crippen LogP contribution in [-0.4, -0.2) is 17.5 Å². The number of hydrogen-bond acceptors (Lipinski definition) is 4. The first-order chi connectivity index (χ1) is 7.11. The van der Waals surface area contributed by atoms with E-state index in [4.69, 9.17) is 0 Å². The van der Waals surface area contributed by atoms with E-state index in [2.05, 4.69) is 0 Å². The molecule has 0 amide bonds. The lowest BCUT2D eigenvalue weighted by Crippen LogP contribution is -2.28. The monoisotopic (exact) mass is 223 g/mol. The molecule has 0 saturated heterocycles. The van der Waals surface area contributed by atoms with E-state index in [1.807, 2.05) is 6.07 Å². The Kier molecular flexibility index (Phi) is 4.37. The van der Waals surface area contributed by atoms with Crippen molar-refractivity contribution in [1.82, 2.24) is 0 Å². The van der Waals surface area contributed by atoms with Crippen LogP contribution >= 0.6 is 11.8 Å². The van der Waals surface area contributed by atoms with Crippen LogP contribution in [0.5, 0.6) is 0 Å². The molecule has 0 aliphatic rings. The van der Waals surface area contributed by atoms with Gasteiger partial charge in [-0.15, -0.1) is 11.8 Å². The summed E-state index contributed by atoms with van der Waals surface area (Å²) in [5.74, 6) is -1.01.